The summed E-state index contributed by atoms with van der Waals surface area (Å²) >= 11 is 6.02. The molecule has 0 saturated heterocycles. The van der Waals surface area contributed by atoms with Gasteiger partial charge >= 0.3 is 0 Å². The van der Waals surface area contributed by atoms with Crippen molar-refractivity contribution in [3.05, 3.63) is 71.1 Å². The fourth-order valence-electron chi connectivity index (χ4n) is 3.37. The Morgan fingerprint density at radius 1 is 1.14 bits per heavy atom. The van der Waals surface area contributed by atoms with Crippen molar-refractivity contribution in [2.24, 2.45) is 4.99 Å². The molecule has 6 nitrogen and oxygen atoms in total. The van der Waals surface area contributed by atoms with Crippen molar-refractivity contribution in [2.75, 3.05) is 20.1 Å². The van der Waals surface area contributed by atoms with Crippen molar-refractivity contribution >= 4 is 17.6 Å². The van der Waals surface area contributed by atoms with E-state index in [1.54, 1.807) is 7.05 Å². The number of nitrogens with zero attached hydrogens (tertiary/aromatic N) is 3. The Balaban J connectivity index is 1.27. The smallest absolute Gasteiger partial charge is 0.228 e. The topological polar surface area (TPSA) is 75.3 Å². The van der Waals surface area contributed by atoms with E-state index in [1.807, 2.05) is 24.3 Å². The van der Waals surface area contributed by atoms with Gasteiger partial charge in [0.05, 0.1) is 0 Å². The summed E-state index contributed by atoms with van der Waals surface area (Å²) in [4.78, 5) is 8.76. The molecule has 1 aromatic heterocycles. The van der Waals surface area contributed by atoms with Crippen LogP contribution >= 0.6 is 11.6 Å². The predicted molar refractivity (Wildman–Crippen MR) is 115 cm³/mol. The number of rotatable bonds is 7. The summed E-state index contributed by atoms with van der Waals surface area (Å²) in [5.74, 6) is 1.90. The van der Waals surface area contributed by atoms with Crippen LogP contribution in [-0.2, 0) is 11.8 Å². The molecule has 150 valence electrons. The van der Waals surface area contributed by atoms with E-state index < -0.39 is 0 Å². The first kappa shape index (κ1) is 19.5. The van der Waals surface area contributed by atoms with E-state index in [0.717, 1.165) is 18.1 Å². The molecule has 7 heteroatoms. The zero-order chi connectivity index (χ0) is 20.1. The van der Waals surface area contributed by atoms with Crippen molar-refractivity contribution in [1.29, 1.82) is 0 Å². The van der Waals surface area contributed by atoms with Crippen molar-refractivity contribution < 1.29 is 4.52 Å². The largest absolute Gasteiger partial charge is 0.356 e. The zero-order valence-electron chi connectivity index (χ0n) is 16.4. The maximum absolute atomic E-state index is 6.02. The number of nitrogens with one attached hydrogen (secondary N) is 2. The van der Waals surface area contributed by atoms with Crippen LogP contribution in [-0.4, -0.2) is 36.2 Å². The predicted octanol–water partition coefficient (Wildman–Crippen LogP) is 3.83. The molecule has 0 radical (unpaired) electrons. The summed E-state index contributed by atoms with van der Waals surface area (Å²) in [6.07, 6.45) is 3.02. The highest BCUT2D eigenvalue weighted by molar-refractivity contribution is 6.30. The third-order valence-corrected chi connectivity index (χ3v) is 5.47. The highest BCUT2D eigenvalue weighted by Gasteiger charge is 2.43. The van der Waals surface area contributed by atoms with Crippen LogP contribution in [0.15, 0.2) is 64.1 Å². The second-order valence-electron chi connectivity index (χ2n) is 7.27. The SMILES string of the molecule is CN=C(NCCc1nc(-c2cccc(Cl)c2)no1)NCC1(c2ccccc2)CC1. The lowest BCUT2D eigenvalue weighted by Crippen LogP contribution is -2.42. The van der Waals surface area contributed by atoms with Gasteiger partial charge in [0.1, 0.15) is 0 Å². The lowest BCUT2D eigenvalue weighted by atomic mass is 9.96. The summed E-state index contributed by atoms with van der Waals surface area (Å²) in [5, 5.41) is 11.5. The minimum Gasteiger partial charge on any atom is -0.356 e. The van der Waals surface area contributed by atoms with Gasteiger partial charge in [-0.15, -0.1) is 0 Å². The average molecular weight is 410 g/mol. The van der Waals surface area contributed by atoms with Crippen LogP contribution in [0.25, 0.3) is 11.4 Å². The Kier molecular flexibility index (Phi) is 5.81. The molecule has 1 aliphatic carbocycles. The fourth-order valence-corrected chi connectivity index (χ4v) is 3.56. The van der Waals surface area contributed by atoms with Crippen LogP contribution < -0.4 is 10.6 Å². The quantitative estimate of drug-likeness (QED) is 0.458. The number of aliphatic imine (C=N–C) groups is 1. The van der Waals surface area contributed by atoms with E-state index in [2.05, 4.69) is 56.1 Å². The Morgan fingerprint density at radius 3 is 2.69 bits per heavy atom. The first-order valence-electron chi connectivity index (χ1n) is 9.77. The molecule has 1 fully saturated rings. The minimum atomic E-state index is 0.233. The molecule has 1 saturated carbocycles. The number of halogens is 1. The van der Waals surface area contributed by atoms with Crippen LogP contribution in [0.4, 0.5) is 0 Å². The highest BCUT2D eigenvalue weighted by atomic mass is 35.5. The van der Waals surface area contributed by atoms with Crippen LogP contribution in [0.2, 0.25) is 5.02 Å². The van der Waals surface area contributed by atoms with Crippen molar-refractivity contribution in [2.45, 2.75) is 24.7 Å². The van der Waals surface area contributed by atoms with Gasteiger partial charge in [-0.1, -0.05) is 59.2 Å². The van der Waals surface area contributed by atoms with E-state index in [4.69, 9.17) is 16.1 Å². The third kappa shape index (κ3) is 4.77. The highest BCUT2D eigenvalue weighted by Crippen LogP contribution is 2.47. The molecule has 2 N–H and O–H groups in total. The molecule has 2 aromatic carbocycles. The summed E-state index contributed by atoms with van der Waals surface area (Å²) in [7, 11) is 1.78. The molecule has 0 unspecified atom stereocenters. The zero-order valence-corrected chi connectivity index (χ0v) is 17.1. The van der Waals surface area contributed by atoms with E-state index in [0.29, 0.717) is 29.7 Å². The van der Waals surface area contributed by atoms with Gasteiger partial charge in [-0.25, -0.2) is 0 Å². The second kappa shape index (κ2) is 8.66. The molecular formula is C22H24ClN5O. The molecule has 1 heterocycles. The summed E-state index contributed by atoms with van der Waals surface area (Å²) < 4.78 is 5.35. The molecule has 0 amide bonds. The van der Waals surface area contributed by atoms with Gasteiger partial charge in [-0.05, 0) is 30.5 Å². The number of benzene rings is 2. The summed E-state index contributed by atoms with van der Waals surface area (Å²) in [5.41, 5.74) is 2.47. The minimum absolute atomic E-state index is 0.233. The van der Waals surface area contributed by atoms with Crippen molar-refractivity contribution in [3.63, 3.8) is 0 Å². The monoisotopic (exact) mass is 409 g/mol. The lowest BCUT2D eigenvalue weighted by molar-refractivity contribution is 0.378. The molecule has 0 atom stereocenters. The molecule has 3 aromatic rings. The Bertz CT molecular complexity index is 982. The van der Waals surface area contributed by atoms with Gasteiger partial charge in [0.2, 0.25) is 11.7 Å². The van der Waals surface area contributed by atoms with Crippen LogP contribution in [0.1, 0.15) is 24.3 Å². The molecular weight excluding hydrogens is 386 g/mol. The normalized spacial score (nSPS) is 15.2. The molecule has 1 aliphatic rings. The summed E-state index contributed by atoms with van der Waals surface area (Å²) in [6, 6.07) is 18.1. The fraction of sp³-hybridized carbons (Fsp3) is 0.318. The Labute approximate surface area is 175 Å². The van der Waals surface area contributed by atoms with Gasteiger partial charge < -0.3 is 15.2 Å². The number of hydrogen-bond donors (Lipinski definition) is 2. The van der Waals surface area contributed by atoms with Crippen molar-refractivity contribution in [3.8, 4) is 11.4 Å². The van der Waals surface area contributed by atoms with Gasteiger partial charge in [0.25, 0.3) is 0 Å². The van der Waals surface area contributed by atoms with Gasteiger partial charge in [-0.3, -0.25) is 4.99 Å². The van der Waals surface area contributed by atoms with E-state index >= 15 is 0 Å². The van der Waals surface area contributed by atoms with Crippen LogP contribution in [0.3, 0.4) is 0 Å². The van der Waals surface area contributed by atoms with E-state index in [1.165, 1.54) is 18.4 Å². The van der Waals surface area contributed by atoms with Gasteiger partial charge in [-0.2, -0.15) is 4.98 Å². The van der Waals surface area contributed by atoms with Crippen LogP contribution in [0, 0.1) is 0 Å². The molecule has 29 heavy (non-hydrogen) atoms. The molecule has 4 rings (SSSR count). The van der Waals surface area contributed by atoms with E-state index in [-0.39, 0.29) is 5.41 Å². The van der Waals surface area contributed by atoms with E-state index in [9.17, 15) is 0 Å². The maximum Gasteiger partial charge on any atom is 0.228 e. The van der Waals surface area contributed by atoms with Gasteiger partial charge in [0.15, 0.2) is 5.96 Å². The molecule has 0 bridgehead atoms. The van der Waals surface area contributed by atoms with Crippen LogP contribution in [0.5, 0.6) is 0 Å². The lowest BCUT2D eigenvalue weighted by Gasteiger charge is -2.18. The molecule has 0 spiro atoms. The first-order valence-corrected chi connectivity index (χ1v) is 10.1. The third-order valence-electron chi connectivity index (χ3n) is 5.24. The second-order valence-corrected chi connectivity index (χ2v) is 7.71. The maximum atomic E-state index is 6.02. The summed E-state index contributed by atoms with van der Waals surface area (Å²) in [6.45, 7) is 1.52. The van der Waals surface area contributed by atoms with Crippen molar-refractivity contribution in [1.82, 2.24) is 20.8 Å². The average Bonchev–Trinajstić information content (AvgIpc) is 3.40. The van der Waals surface area contributed by atoms with Gasteiger partial charge in [0, 0.05) is 42.6 Å². The Hall–Kier alpha value is -2.86. The Morgan fingerprint density at radius 2 is 1.97 bits per heavy atom. The molecule has 0 aliphatic heterocycles. The standard InChI is InChI=1S/C22H24ClN5O/c1-24-21(26-15-22(11-12-22)17-7-3-2-4-8-17)25-13-10-19-27-20(28-29-19)16-6-5-9-18(23)14-16/h2-9,14H,10-13,15H2,1H3,(H2,24,25,26). The first-order chi connectivity index (χ1) is 14.2. The number of aromatic nitrogens is 2. The number of guanidine groups is 1. The number of hydrogen-bond acceptors (Lipinski definition) is 4.